The fraction of sp³-hybridized carbons (Fsp3) is 0.200. The molecule has 0 spiro atoms. The number of amides is 1. The van der Waals surface area contributed by atoms with Crippen LogP contribution in [0, 0.1) is 0 Å². The minimum atomic E-state index is -0.343. The van der Waals surface area contributed by atoms with Crippen LogP contribution >= 0.6 is 27.7 Å². The van der Waals surface area contributed by atoms with Crippen LogP contribution in [0.1, 0.15) is 10.4 Å². The predicted molar refractivity (Wildman–Crippen MR) is 159 cm³/mol. The van der Waals surface area contributed by atoms with E-state index in [4.69, 9.17) is 18.9 Å². The van der Waals surface area contributed by atoms with Gasteiger partial charge in [0.2, 0.25) is 5.88 Å². The van der Waals surface area contributed by atoms with E-state index in [1.165, 1.54) is 13.4 Å². The van der Waals surface area contributed by atoms with Crippen molar-refractivity contribution < 1.29 is 23.7 Å². The Morgan fingerprint density at radius 1 is 0.947 bits per heavy atom. The largest absolute Gasteiger partial charge is 0.496 e. The van der Waals surface area contributed by atoms with Gasteiger partial charge in [-0.1, -0.05) is 9.24 Å². The first-order valence-corrected chi connectivity index (χ1v) is 13.2. The lowest BCUT2D eigenvalue weighted by Gasteiger charge is -2.16. The molecule has 2 aromatic heterocycles. The lowest BCUT2D eigenvalue weighted by molar-refractivity contribution is 0.102. The monoisotopic (exact) mass is 571 g/mol. The summed E-state index contributed by atoms with van der Waals surface area (Å²) in [5.41, 5.74) is 2.05. The summed E-state index contributed by atoms with van der Waals surface area (Å²) in [5, 5.41) is 8.03. The second-order valence-electron chi connectivity index (χ2n) is 7.96. The number of pyridine rings is 1. The summed E-state index contributed by atoms with van der Waals surface area (Å²) in [4.78, 5) is 25.9. The number of rotatable bonds is 10. The van der Waals surface area contributed by atoms with E-state index < -0.39 is 0 Å². The Bertz CT molecular complexity index is 1460. The summed E-state index contributed by atoms with van der Waals surface area (Å²) in [6, 6.07) is 8.80. The van der Waals surface area contributed by atoms with Crippen LogP contribution in [0.4, 0.5) is 5.69 Å². The SMILES string of the molecule is CNCCOc1cc2ncnc(Oc3c(P)cc(NC(=O)c4c(OC)ccnc4P)cc3P)c2cc1OC. The topological polar surface area (TPSA) is 117 Å². The summed E-state index contributed by atoms with van der Waals surface area (Å²) in [6.07, 6.45) is 3.01. The number of hydrogen-bond donors (Lipinski definition) is 2. The number of carbonyl (C=O) groups is 1. The normalized spacial score (nSPS) is 10.8. The van der Waals surface area contributed by atoms with Gasteiger partial charge in [-0.05, 0) is 31.3 Å². The molecule has 0 fully saturated rings. The van der Waals surface area contributed by atoms with Crippen molar-refractivity contribution in [1.82, 2.24) is 20.3 Å². The smallest absolute Gasteiger partial charge is 0.261 e. The molecule has 0 saturated heterocycles. The van der Waals surface area contributed by atoms with Crippen molar-refractivity contribution in [1.29, 1.82) is 0 Å². The first-order chi connectivity index (χ1) is 18.4. The molecule has 0 saturated carbocycles. The van der Waals surface area contributed by atoms with Crippen molar-refractivity contribution in [3.05, 3.63) is 48.4 Å². The molecule has 0 bridgehead atoms. The van der Waals surface area contributed by atoms with Crippen molar-refractivity contribution in [2.45, 2.75) is 0 Å². The summed E-state index contributed by atoms with van der Waals surface area (Å²) < 4.78 is 22.9. The number of nitrogens with zero attached hydrogens (tertiary/aromatic N) is 3. The zero-order valence-electron chi connectivity index (χ0n) is 21.1. The first-order valence-electron chi connectivity index (χ1n) is 11.4. The highest BCUT2D eigenvalue weighted by atomic mass is 31.0. The lowest BCUT2D eigenvalue weighted by Crippen LogP contribution is -2.22. The Hall–Kier alpha value is -3.15. The molecule has 3 unspecified atom stereocenters. The molecule has 4 aromatic rings. The number of anilines is 1. The zero-order valence-corrected chi connectivity index (χ0v) is 24.5. The molecule has 1 amide bonds. The summed E-state index contributed by atoms with van der Waals surface area (Å²) in [6.45, 7) is 1.17. The molecule has 38 heavy (non-hydrogen) atoms. The van der Waals surface area contributed by atoms with E-state index in [0.29, 0.717) is 80.2 Å². The number of ether oxygens (including phenoxy) is 4. The maximum absolute atomic E-state index is 13.0. The third-order valence-electron chi connectivity index (χ3n) is 5.49. The second kappa shape index (κ2) is 12.6. The van der Waals surface area contributed by atoms with E-state index in [-0.39, 0.29) is 5.91 Å². The third-order valence-corrected chi connectivity index (χ3v) is 6.78. The van der Waals surface area contributed by atoms with Gasteiger partial charge in [0.05, 0.1) is 30.6 Å². The predicted octanol–water partition coefficient (Wildman–Crippen LogP) is 2.19. The standard InChI is InChI=1S/C25H28N5O5P3/c1-26-6-7-34-18-11-15-14(10-17(18)33-3)24(29-12-28-15)35-22-19(36)8-13(9-20(22)37)30-23(31)21-16(32-2)4-5-27-25(21)38/h4-5,8-12,26H,6-7,36-38H2,1-3H3,(H,30,31). The number of benzene rings is 2. The maximum atomic E-state index is 13.0. The molecule has 13 heteroatoms. The van der Waals surface area contributed by atoms with E-state index in [0.717, 1.165) is 0 Å². The number of carbonyl (C=O) groups excluding carboxylic acids is 1. The van der Waals surface area contributed by atoms with Crippen molar-refractivity contribution in [3.8, 4) is 28.9 Å². The van der Waals surface area contributed by atoms with Crippen molar-refractivity contribution in [3.63, 3.8) is 0 Å². The van der Waals surface area contributed by atoms with Gasteiger partial charge in [0.15, 0.2) is 11.5 Å². The highest BCUT2D eigenvalue weighted by Crippen LogP contribution is 2.36. The summed E-state index contributed by atoms with van der Waals surface area (Å²) in [5.74, 6) is 2.12. The molecular weight excluding hydrogens is 543 g/mol. The number of methoxy groups -OCH3 is 2. The Labute approximate surface area is 227 Å². The molecule has 4 rings (SSSR count). The minimum Gasteiger partial charge on any atom is -0.496 e. The number of fused-ring (bicyclic) bond motifs is 1. The van der Waals surface area contributed by atoms with Gasteiger partial charge in [0, 0.05) is 35.1 Å². The Balaban J connectivity index is 1.62. The van der Waals surface area contributed by atoms with Crippen molar-refractivity contribution >= 4 is 66.3 Å². The second-order valence-corrected chi connectivity index (χ2v) is 9.76. The highest BCUT2D eigenvalue weighted by Gasteiger charge is 2.19. The maximum Gasteiger partial charge on any atom is 0.261 e. The van der Waals surface area contributed by atoms with Gasteiger partial charge in [0.1, 0.15) is 30.0 Å². The molecule has 10 nitrogen and oxygen atoms in total. The third kappa shape index (κ3) is 6.11. The molecule has 2 aromatic carbocycles. The van der Waals surface area contributed by atoms with E-state index in [1.807, 2.05) is 7.05 Å². The van der Waals surface area contributed by atoms with Gasteiger partial charge < -0.3 is 29.6 Å². The molecule has 0 aliphatic rings. The molecule has 2 N–H and O–H groups in total. The quantitative estimate of drug-likeness (QED) is 0.218. The number of hydrogen-bond acceptors (Lipinski definition) is 9. The Kier molecular flexibility index (Phi) is 9.24. The van der Waals surface area contributed by atoms with E-state index >= 15 is 0 Å². The van der Waals surface area contributed by atoms with Crippen LogP contribution in [0.25, 0.3) is 10.9 Å². The molecule has 198 valence electrons. The highest BCUT2D eigenvalue weighted by molar-refractivity contribution is 7.30. The molecule has 0 aliphatic carbocycles. The molecule has 2 heterocycles. The molecule has 0 radical (unpaired) electrons. The van der Waals surface area contributed by atoms with Crippen LogP contribution in [-0.2, 0) is 0 Å². The van der Waals surface area contributed by atoms with Gasteiger partial charge in [-0.25, -0.2) is 9.97 Å². The zero-order chi connectivity index (χ0) is 27.2. The van der Waals surface area contributed by atoms with Crippen molar-refractivity contribution in [2.24, 2.45) is 0 Å². The number of aromatic nitrogens is 3. The Morgan fingerprint density at radius 3 is 2.37 bits per heavy atom. The fourth-order valence-electron chi connectivity index (χ4n) is 3.67. The van der Waals surface area contributed by atoms with E-state index in [9.17, 15) is 4.79 Å². The average molecular weight is 571 g/mol. The molecule has 0 aliphatic heterocycles. The van der Waals surface area contributed by atoms with Gasteiger partial charge in [-0.15, -0.1) is 18.5 Å². The van der Waals surface area contributed by atoms with Crippen LogP contribution < -0.4 is 45.6 Å². The van der Waals surface area contributed by atoms with E-state index in [1.54, 1.807) is 43.6 Å². The average Bonchev–Trinajstić information content (AvgIpc) is 2.90. The summed E-state index contributed by atoms with van der Waals surface area (Å²) >= 11 is 0. The van der Waals surface area contributed by atoms with Gasteiger partial charge in [0.25, 0.3) is 5.91 Å². The first kappa shape index (κ1) is 27.9. The van der Waals surface area contributed by atoms with Gasteiger partial charge in [-0.2, -0.15) is 0 Å². The molecular formula is C25H28N5O5P3. The van der Waals surface area contributed by atoms with Crippen LogP contribution in [0.15, 0.2) is 42.9 Å². The van der Waals surface area contributed by atoms with Crippen LogP contribution in [0.5, 0.6) is 28.9 Å². The van der Waals surface area contributed by atoms with E-state index in [2.05, 4.69) is 53.3 Å². The summed E-state index contributed by atoms with van der Waals surface area (Å²) in [7, 11) is 12.7. The number of nitrogens with one attached hydrogen (secondary N) is 2. The Morgan fingerprint density at radius 2 is 1.68 bits per heavy atom. The molecule has 3 atom stereocenters. The van der Waals surface area contributed by atoms with Gasteiger partial charge >= 0.3 is 0 Å². The number of likely N-dealkylation sites (N-methyl/N-ethyl adjacent to an activating group) is 1. The van der Waals surface area contributed by atoms with Crippen LogP contribution in [-0.4, -0.2) is 55.3 Å². The van der Waals surface area contributed by atoms with Crippen molar-refractivity contribution in [2.75, 3.05) is 39.7 Å². The van der Waals surface area contributed by atoms with Gasteiger partial charge in [-0.3, -0.25) is 9.78 Å². The lowest BCUT2D eigenvalue weighted by atomic mass is 10.2. The minimum absolute atomic E-state index is 0.339. The van der Waals surface area contributed by atoms with Crippen LogP contribution in [0.2, 0.25) is 0 Å². The fourth-order valence-corrected chi connectivity index (χ4v) is 5.01. The van der Waals surface area contributed by atoms with Crippen LogP contribution in [0.3, 0.4) is 0 Å².